The zero-order valence-electron chi connectivity index (χ0n) is 8.38. The van der Waals surface area contributed by atoms with Crippen molar-refractivity contribution in [3.05, 3.63) is 18.2 Å². The molecule has 0 saturated carbocycles. The molecule has 0 radical (unpaired) electrons. The largest absolute Gasteiger partial charge is 0.347 e. The number of H-pyrrole nitrogens is 1. The first-order chi connectivity index (χ1) is 6.29. The van der Waals surface area contributed by atoms with E-state index in [0.717, 1.165) is 25.3 Å². The molecule has 0 aliphatic rings. The molecule has 1 rings (SSSR count). The molecule has 0 bridgehead atoms. The molecule has 1 heterocycles. The molecular weight excluding hydrogens is 164 g/mol. The minimum absolute atomic E-state index is 0.882. The van der Waals surface area contributed by atoms with E-state index in [0.29, 0.717) is 0 Å². The summed E-state index contributed by atoms with van der Waals surface area (Å²) in [6.07, 6.45) is 4.73. The number of hydrogen-bond donors (Lipinski definition) is 2. The van der Waals surface area contributed by atoms with Gasteiger partial charge in [-0.1, -0.05) is 0 Å². The van der Waals surface area contributed by atoms with E-state index < -0.39 is 0 Å². The van der Waals surface area contributed by atoms with E-state index >= 15 is 0 Å². The predicted octanol–water partition coefficient (Wildman–Crippen LogP) is 0.451. The zero-order valence-corrected chi connectivity index (χ0v) is 8.38. The number of aromatic amines is 1. The summed E-state index contributed by atoms with van der Waals surface area (Å²) in [6, 6.07) is 0. The fraction of sp³-hybridized carbons (Fsp3) is 0.667. The highest BCUT2D eigenvalue weighted by molar-refractivity contribution is 4.92. The maximum absolute atomic E-state index is 3.95. The fourth-order valence-corrected chi connectivity index (χ4v) is 1.12. The molecule has 4 nitrogen and oxygen atoms in total. The molecule has 13 heavy (non-hydrogen) atoms. The molecule has 0 atom stereocenters. The molecular formula is C9H18N4. The van der Waals surface area contributed by atoms with Gasteiger partial charge in [-0.2, -0.15) is 0 Å². The summed E-state index contributed by atoms with van der Waals surface area (Å²) in [4.78, 5) is 9.19. The molecule has 4 heteroatoms. The monoisotopic (exact) mass is 182 g/mol. The first-order valence-electron chi connectivity index (χ1n) is 4.62. The number of imidazole rings is 1. The van der Waals surface area contributed by atoms with Gasteiger partial charge in [0, 0.05) is 18.4 Å². The van der Waals surface area contributed by atoms with Crippen molar-refractivity contribution in [2.75, 3.05) is 27.2 Å². The van der Waals surface area contributed by atoms with Crippen molar-refractivity contribution in [1.29, 1.82) is 0 Å². The van der Waals surface area contributed by atoms with Crippen LogP contribution in [0.4, 0.5) is 0 Å². The Balaban J connectivity index is 1.96. The average Bonchev–Trinajstić information content (AvgIpc) is 2.55. The lowest BCUT2D eigenvalue weighted by Crippen LogP contribution is -2.21. The van der Waals surface area contributed by atoms with E-state index in [1.54, 1.807) is 6.33 Å². The van der Waals surface area contributed by atoms with Crippen molar-refractivity contribution >= 4 is 0 Å². The van der Waals surface area contributed by atoms with Crippen LogP contribution >= 0.6 is 0 Å². The van der Waals surface area contributed by atoms with Gasteiger partial charge in [0.25, 0.3) is 0 Å². The second-order valence-electron chi connectivity index (χ2n) is 3.41. The van der Waals surface area contributed by atoms with Crippen LogP contribution in [0.1, 0.15) is 12.1 Å². The molecule has 0 saturated heterocycles. The SMILES string of the molecule is CN(C)CCCNCc1cnc[nH]1. The highest BCUT2D eigenvalue weighted by Gasteiger charge is 1.93. The van der Waals surface area contributed by atoms with Crippen molar-refractivity contribution in [1.82, 2.24) is 20.2 Å². The van der Waals surface area contributed by atoms with Crippen LogP contribution in [0.2, 0.25) is 0 Å². The highest BCUT2D eigenvalue weighted by Crippen LogP contribution is 1.89. The Morgan fingerprint density at radius 2 is 2.38 bits per heavy atom. The molecule has 74 valence electrons. The Kier molecular flexibility index (Phi) is 4.49. The summed E-state index contributed by atoms with van der Waals surface area (Å²) < 4.78 is 0. The van der Waals surface area contributed by atoms with Crippen molar-refractivity contribution < 1.29 is 0 Å². The van der Waals surface area contributed by atoms with Crippen LogP contribution in [-0.2, 0) is 6.54 Å². The van der Waals surface area contributed by atoms with Crippen molar-refractivity contribution in [2.24, 2.45) is 0 Å². The van der Waals surface area contributed by atoms with E-state index in [2.05, 4.69) is 34.3 Å². The third-order valence-electron chi connectivity index (χ3n) is 1.83. The topological polar surface area (TPSA) is 44.0 Å². The van der Waals surface area contributed by atoms with Crippen LogP contribution in [0.15, 0.2) is 12.5 Å². The third-order valence-corrected chi connectivity index (χ3v) is 1.83. The van der Waals surface area contributed by atoms with Gasteiger partial charge in [-0.15, -0.1) is 0 Å². The van der Waals surface area contributed by atoms with E-state index in [1.807, 2.05) is 6.20 Å². The Bertz CT molecular complexity index is 205. The summed E-state index contributed by atoms with van der Waals surface area (Å²) in [7, 11) is 4.18. The van der Waals surface area contributed by atoms with Gasteiger partial charge >= 0.3 is 0 Å². The third kappa shape index (κ3) is 4.65. The first-order valence-corrected chi connectivity index (χ1v) is 4.62. The highest BCUT2D eigenvalue weighted by atomic mass is 15.1. The van der Waals surface area contributed by atoms with Crippen molar-refractivity contribution in [3.63, 3.8) is 0 Å². The van der Waals surface area contributed by atoms with Gasteiger partial charge in [0.05, 0.1) is 6.33 Å². The minimum Gasteiger partial charge on any atom is -0.347 e. The van der Waals surface area contributed by atoms with Gasteiger partial charge in [0.15, 0.2) is 0 Å². The molecule has 1 aromatic heterocycles. The second kappa shape index (κ2) is 5.72. The zero-order chi connectivity index (χ0) is 9.52. The molecule has 0 fully saturated rings. The lowest BCUT2D eigenvalue weighted by atomic mass is 10.4. The Labute approximate surface area is 79.4 Å². The van der Waals surface area contributed by atoms with Crippen LogP contribution in [0, 0.1) is 0 Å². The van der Waals surface area contributed by atoms with E-state index in [4.69, 9.17) is 0 Å². The van der Waals surface area contributed by atoms with Crippen LogP contribution in [0.5, 0.6) is 0 Å². The van der Waals surface area contributed by atoms with E-state index in [1.165, 1.54) is 6.42 Å². The van der Waals surface area contributed by atoms with Gasteiger partial charge in [-0.3, -0.25) is 0 Å². The van der Waals surface area contributed by atoms with Crippen LogP contribution in [0.3, 0.4) is 0 Å². The second-order valence-corrected chi connectivity index (χ2v) is 3.41. The van der Waals surface area contributed by atoms with Gasteiger partial charge < -0.3 is 15.2 Å². The Morgan fingerprint density at radius 3 is 3.00 bits per heavy atom. The lowest BCUT2D eigenvalue weighted by molar-refractivity contribution is 0.394. The molecule has 0 aliphatic carbocycles. The predicted molar refractivity (Wildman–Crippen MR) is 53.5 cm³/mol. The molecule has 0 spiro atoms. The molecule has 0 unspecified atom stereocenters. The number of nitrogens with zero attached hydrogens (tertiary/aromatic N) is 2. The summed E-state index contributed by atoms with van der Waals surface area (Å²) >= 11 is 0. The molecule has 2 N–H and O–H groups in total. The van der Waals surface area contributed by atoms with E-state index in [9.17, 15) is 0 Å². The number of nitrogens with one attached hydrogen (secondary N) is 2. The molecule has 1 aromatic rings. The van der Waals surface area contributed by atoms with Gasteiger partial charge in [0.2, 0.25) is 0 Å². The van der Waals surface area contributed by atoms with Gasteiger partial charge in [-0.05, 0) is 33.6 Å². The Morgan fingerprint density at radius 1 is 1.54 bits per heavy atom. The lowest BCUT2D eigenvalue weighted by Gasteiger charge is -2.09. The maximum atomic E-state index is 3.95. The van der Waals surface area contributed by atoms with Crippen LogP contribution in [0.25, 0.3) is 0 Å². The van der Waals surface area contributed by atoms with Crippen LogP contribution in [-0.4, -0.2) is 42.1 Å². The molecule has 0 aliphatic heterocycles. The summed E-state index contributed by atoms with van der Waals surface area (Å²) in [6.45, 7) is 3.07. The maximum Gasteiger partial charge on any atom is 0.0922 e. The van der Waals surface area contributed by atoms with Crippen molar-refractivity contribution in [2.45, 2.75) is 13.0 Å². The van der Waals surface area contributed by atoms with Gasteiger partial charge in [0.1, 0.15) is 0 Å². The van der Waals surface area contributed by atoms with Crippen molar-refractivity contribution in [3.8, 4) is 0 Å². The first kappa shape index (κ1) is 10.2. The number of hydrogen-bond acceptors (Lipinski definition) is 3. The van der Waals surface area contributed by atoms with Gasteiger partial charge in [-0.25, -0.2) is 4.98 Å². The number of rotatable bonds is 6. The quantitative estimate of drug-likeness (QED) is 0.628. The minimum atomic E-state index is 0.882. The molecule has 0 aromatic carbocycles. The fourth-order valence-electron chi connectivity index (χ4n) is 1.12. The average molecular weight is 182 g/mol. The molecule has 0 amide bonds. The van der Waals surface area contributed by atoms with Crippen LogP contribution < -0.4 is 5.32 Å². The summed E-state index contributed by atoms with van der Waals surface area (Å²) in [5, 5.41) is 3.35. The standard InChI is InChI=1S/C9H18N4/c1-13(2)5-3-4-10-6-9-7-11-8-12-9/h7-8,10H,3-6H2,1-2H3,(H,11,12). The Hall–Kier alpha value is -0.870. The van der Waals surface area contributed by atoms with E-state index in [-0.39, 0.29) is 0 Å². The normalized spacial score (nSPS) is 11.0. The summed E-state index contributed by atoms with van der Waals surface area (Å²) in [5.41, 5.74) is 1.14. The summed E-state index contributed by atoms with van der Waals surface area (Å²) in [5.74, 6) is 0. The number of aromatic nitrogens is 2. The smallest absolute Gasteiger partial charge is 0.0922 e.